The molecule has 0 spiro atoms. The van der Waals surface area contributed by atoms with Crippen LogP contribution < -0.4 is 0 Å². The van der Waals surface area contributed by atoms with Crippen LogP contribution in [-0.4, -0.2) is 31.9 Å². The molecule has 0 amide bonds. The number of hydrogen-bond donors (Lipinski definition) is 0. The predicted molar refractivity (Wildman–Crippen MR) is 54.4 cm³/mol. The summed E-state index contributed by atoms with van der Waals surface area (Å²) >= 11 is 0. The van der Waals surface area contributed by atoms with Crippen molar-refractivity contribution in [3.8, 4) is 0 Å². The van der Waals surface area contributed by atoms with Gasteiger partial charge in [0.05, 0.1) is 20.1 Å². The number of Topliss-reactive ketones (excluding diaryl/α,β-unsaturated/α-hetero) is 1. The van der Waals surface area contributed by atoms with Crippen LogP contribution in [0.25, 0.3) is 0 Å². The van der Waals surface area contributed by atoms with Gasteiger partial charge in [-0.15, -0.1) is 0 Å². The van der Waals surface area contributed by atoms with Gasteiger partial charge in [0.25, 0.3) is 0 Å². The lowest BCUT2D eigenvalue weighted by molar-refractivity contribution is -0.151. The van der Waals surface area contributed by atoms with Gasteiger partial charge in [0.1, 0.15) is 11.7 Å². The van der Waals surface area contributed by atoms with Crippen molar-refractivity contribution in [1.82, 2.24) is 0 Å². The van der Waals surface area contributed by atoms with Gasteiger partial charge in [-0.3, -0.25) is 14.4 Å². The molecule has 1 rings (SSSR count). The highest BCUT2D eigenvalue weighted by molar-refractivity contribution is 6.03. The van der Waals surface area contributed by atoms with Crippen LogP contribution in [0.2, 0.25) is 0 Å². The Bertz CT molecular complexity index is 309. The van der Waals surface area contributed by atoms with Crippen molar-refractivity contribution in [2.45, 2.75) is 19.8 Å². The second-order valence-electron chi connectivity index (χ2n) is 3.87. The maximum Gasteiger partial charge on any atom is 0.316 e. The van der Waals surface area contributed by atoms with E-state index in [9.17, 15) is 14.4 Å². The van der Waals surface area contributed by atoms with Gasteiger partial charge in [-0.05, 0) is 5.92 Å². The van der Waals surface area contributed by atoms with Crippen LogP contribution in [0.15, 0.2) is 0 Å². The van der Waals surface area contributed by atoms with Crippen molar-refractivity contribution in [3.05, 3.63) is 0 Å². The maximum atomic E-state index is 11.7. The van der Waals surface area contributed by atoms with Crippen LogP contribution in [0.4, 0.5) is 0 Å². The normalized spacial score (nSPS) is 28.9. The maximum absolute atomic E-state index is 11.7. The summed E-state index contributed by atoms with van der Waals surface area (Å²) in [6.45, 7) is 1.84. The number of methoxy groups -OCH3 is 2. The second-order valence-corrected chi connectivity index (χ2v) is 3.87. The van der Waals surface area contributed by atoms with E-state index in [0.717, 1.165) is 0 Å². The summed E-state index contributed by atoms with van der Waals surface area (Å²) in [4.78, 5) is 34.6. The van der Waals surface area contributed by atoms with Crippen LogP contribution in [0.1, 0.15) is 19.8 Å². The van der Waals surface area contributed by atoms with Crippen molar-refractivity contribution in [1.29, 1.82) is 0 Å². The van der Waals surface area contributed by atoms with Crippen molar-refractivity contribution in [3.63, 3.8) is 0 Å². The molecule has 0 aromatic heterocycles. The minimum atomic E-state index is -0.806. The summed E-state index contributed by atoms with van der Waals surface area (Å²) in [7, 11) is 2.53. The van der Waals surface area contributed by atoms with E-state index in [1.807, 2.05) is 6.92 Å². The highest BCUT2D eigenvalue weighted by atomic mass is 16.5. The molecule has 0 heterocycles. The summed E-state index contributed by atoms with van der Waals surface area (Å²) < 4.78 is 9.22. The molecular weight excluding hydrogens is 212 g/mol. The lowest BCUT2D eigenvalue weighted by atomic mass is 9.87. The third-order valence-corrected chi connectivity index (χ3v) is 3.14. The van der Waals surface area contributed by atoms with Crippen LogP contribution in [-0.2, 0) is 23.9 Å². The predicted octanol–water partition coefficient (Wildman–Crippen LogP) is 0.564. The first-order valence-corrected chi connectivity index (χ1v) is 5.25. The fraction of sp³-hybridized carbons (Fsp3) is 0.727. The molecule has 90 valence electrons. The van der Waals surface area contributed by atoms with Crippen molar-refractivity contribution in [2.24, 2.45) is 17.8 Å². The SMILES string of the molecule is CCC1C(C(=O)OC)CC(=O)C1C(=O)OC. The molecule has 3 atom stereocenters. The quantitative estimate of drug-likeness (QED) is 0.521. The third kappa shape index (κ3) is 2.08. The number of rotatable bonds is 3. The first-order chi connectivity index (χ1) is 7.56. The first kappa shape index (κ1) is 12.7. The Labute approximate surface area is 94.1 Å². The summed E-state index contributed by atoms with van der Waals surface area (Å²) in [5.74, 6) is -2.82. The number of carbonyl (C=O) groups excluding carboxylic acids is 3. The van der Waals surface area contributed by atoms with E-state index in [0.29, 0.717) is 6.42 Å². The van der Waals surface area contributed by atoms with E-state index in [1.165, 1.54) is 14.2 Å². The van der Waals surface area contributed by atoms with Gasteiger partial charge < -0.3 is 9.47 Å². The van der Waals surface area contributed by atoms with Gasteiger partial charge in [0.15, 0.2) is 0 Å². The number of hydrogen-bond acceptors (Lipinski definition) is 5. The molecule has 0 saturated heterocycles. The van der Waals surface area contributed by atoms with Crippen LogP contribution in [0.5, 0.6) is 0 Å². The van der Waals surface area contributed by atoms with E-state index in [4.69, 9.17) is 0 Å². The third-order valence-electron chi connectivity index (χ3n) is 3.14. The Balaban J connectivity index is 2.92. The Kier molecular flexibility index (Phi) is 4.04. The van der Waals surface area contributed by atoms with Crippen LogP contribution in [0, 0.1) is 17.8 Å². The van der Waals surface area contributed by atoms with Gasteiger partial charge >= 0.3 is 11.9 Å². The van der Waals surface area contributed by atoms with Gasteiger partial charge in [0.2, 0.25) is 0 Å². The number of esters is 2. The van der Waals surface area contributed by atoms with Gasteiger partial charge in [-0.25, -0.2) is 0 Å². The molecule has 16 heavy (non-hydrogen) atoms. The highest BCUT2D eigenvalue weighted by Gasteiger charge is 2.49. The van der Waals surface area contributed by atoms with E-state index in [2.05, 4.69) is 9.47 Å². The molecule has 0 N–H and O–H groups in total. The molecule has 0 aromatic rings. The lowest BCUT2D eigenvalue weighted by Crippen LogP contribution is -2.29. The summed E-state index contributed by atoms with van der Waals surface area (Å²) in [6.07, 6.45) is 0.649. The Morgan fingerprint density at radius 3 is 2.25 bits per heavy atom. The highest BCUT2D eigenvalue weighted by Crippen LogP contribution is 2.38. The number of carbonyl (C=O) groups is 3. The Morgan fingerprint density at radius 2 is 1.81 bits per heavy atom. The molecule has 0 aromatic carbocycles. The van der Waals surface area contributed by atoms with E-state index >= 15 is 0 Å². The van der Waals surface area contributed by atoms with Gasteiger partial charge in [-0.2, -0.15) is 0 Å². The standard InChI is InChI=1S/C11H16O5/c1-4-6-7(10(13)15-2)5-8(12)9(6)11(14)16-3/h6-7,9H,4-5H2,1-3H3. The number of ketones is 1. The Morgan fingerprint density at radius 1 is 1.25 bits per heavy atom. The molecule has 0 bridgehead atoms. The zero-order chi connectivity index (χ0) is 12.3. The summed E-state index contributed by atoms with van der Waals surface area (Å²) in [5, 5.41) is 0. The monoisotopic (exact) mass is 228 g/mol. The number of ether oxygens (including phenoxy) is 2. The second kappa shape index (κ2) is 5.09. The summed E-state index contributed by atoms with van der Waals surface area (Å²) in [5.41, 5.74) is 0. The molecule has 1 aliphatic rings. The topological polar surface area (TPSA) is 69.7 Å². The lowest BCUT2D eigenvalue weighted by Gasteiger charge is -2.18. The average molecular weight is 228 g/mol. The summed E-state index contributed by atoms with van der Waals surface area (Å²) in [6, 6.07) is 0. The molecule has 5 heteroatoms. The Hall–Kier alpha value is -1.39. The van der Waals surface area contributed by atoms with E-state index in [1.54, 1.807) is 0 Å². The van der Waals surface area contributed by atoms with E-state index in [-0.39, 0.29) is 18.1 Å². The fourth-order valence-electron chi connectivity index (χ4n) is 2.33. The molecule has 0 aliphatic heterocycles. The van der Waals surface area contributed by atoms with Gasteiger partial charge in [-0.1, -0.05) is 13.3 Å². The van der Waals surface area contributed by atoms with Crippen molar-refractivity contribution < 1.29 is 23.9 Å². The largest absolute Gasteiger partial charge is 0.469 e. The molecule has 3 unspecified atom stereocenters. The molecule has 1 saturated carbocycles. The molecule has 5 nitrogen and oxygen atoms in total. The minimum absolute atomic E-state index is 0.0744. The minimum Gasteiger partial charge on any atom is -0.469 e. The average Bonchev–Trinajstić information content (AvgIpc) is 2.63. The fourth-order valence-corrected chi connectivity index (χ4v) is 2.33. The first-order valence-electron chi connectivity index (χ1n) is 5.25. The molecule has 0 radical (unpaired) electrons. The van der Waals surface area contributed by atoms with Crippen LogP contribution in [0.3, 0.4) is 0 Å². The van der Waals surface area contributed by atoms with E-state index < -0.39 is 23.8 Å². The molecule has 1 aliphatic carbocycles. The van der Waals surface area contributed by atoms with Crippen LogP contribution >= 0.6 is 0 Å². The zero-order valence-electron chi connectivity index (χ0n) is 9.69. The van der Waals surface area contributed by atoms with Gasteiger partial charge in [0, 0.05) is 6.42 Å². The molecular formula is C11H16O5. The van der Waals surface area contributed by atoms with Crippen molar-refractivity contribution >= 4 is 17.7 Å². The molecule has 1 fully saturated rings. The smallest absolute Gasteiger partial charge is 0.316 e. The zero-order valence-corrected chi connectivity index (χ0v) is 9.69. The van der Waals surface area contributed by atoms with Crippen molar-refractivity contribution in [2.75, 3.05) is 14.2 Å².